The first kappa shape index (κ1) is 15.8. The Bertz CT molecular complexity index is 13.5. The van der Waals surface area contributed by atoms with Crippen LogP contribution in [0.25, 0.3) is 0 Å². The summed E-state index contributed by atoms with van der Waals surface area (Å²) >= 11 is 10.1. The van der Waals surface area contributed by atoms with Crippen LogP contribution in [0.2, 0.25) is 0 Å². The van der Waals surface area contributed by atoms with Crippen LogP contribution in [0.1, 0.15) is 6.92 Å². The topological polar surface area (TPSA) is 35.0 Å². The zero-order chi connectivity index (χ0) is 3.58. The van der Waals surface area contributed by atoms with E-state index in [1.165, 1.54) is 0 Å². The van der Waals surface area contributed by atoms with Crippen molar-refractivity contribution < 1.29 is 0 Å². The summed E-state index contributed by atoms with van der Waals surface area (Å²) < 4.78 is 0. The van der Waals surface area contributed by atoms with E-state index in [1.807, 2.05) is 0 Å². The molecular weight excluding hydrogens is 144 g/mol. The second-order valence-electron chi connectivity index (χ2n) is 0.519. The summed E-state index contributed by atoms with van der Waals surface area (Å²) in [5.41, 5.74) is 0. The fourth-order valence-corrected chi connectivity index (χ4v) is 0. The summed E-state index contributed by atoms with van der Waals surface area (Å²) in [7, 11) is 0. The van der Waals surface area contributed by atoms with Gasteiger partial charge in [0.2, 0.25) is 0 Å². The summed E-state index contributed by atoms with van der Waals surface area (Å²) in [4.78, 5) is -0.222. The molecule has 0 saturated heterocycles. The van der Waals surface area contributed by atoms with Gasteiger partial charge in [0.1, 0.15) is 4.84 Å². The third kappa shape index (κ3) is 103. The summed E-state index contributed by atoms with van der Waals surface area (Å²) in [6, 6.07) is 0. The molecule has 42 valence electrons. The van der Waals surface area contributed by atoms with Crippen molar-refractivity contribution in [3.05, 3.63) is 0 Å². The first-order valence-corrected chi connectivity index (χ1v) is 1.89. The van der Waals surface area contributed by atoms with Crippen LogP contribution in [0, 0.1) is 0 Å². The van der Waals surface area contributed by atoms with Crippen molar-refractivity contribution >= 4 is 35.6 Å². The first-order chi connectivity index (χ1) is 1.73. The lowest BCUT2D eigenvalue weighted by molar-refractivity contribution is 1.39. The highest BCUT2D eigenvalue weighted by molar-refractivity contribution is 6.43. The lowest BCUT2D eigenvalue weighted by atomic mass is 11.0. The number of hydrogen-bond acceptors (Lipinski definition) is 1. The average Bonchev–Trinajstić information content (AvgIpc) is 0.811. The summed E-state index contributed by atoms with van der Waals surface area (Å²) in [6.45, 7) is 1.70. The van der Waals surface area contributed by atoms with Gasteiger partial charge in [-0.3, -0.25) is 0 Å². The second-order valence-corrected chi connectivity index (χ2v) is 2.05. The predicted octanol–water partition coefficient (Wildman–Crippen LogP) is 2.39. The maximum atomic E-state index is 5.04. The van der Waals surface area contributed by atoms with Crippen molar-refractivity contribution in [2.24, 2.45) is 0 Å². The van der Waals surface area contributed by atoms with Gasteiger partial charge in [0.15, 0.2) is 0 Å². The van der Waals surface area contributed by atoms with Crippen molar-refractivity contribution in [2.45, 2.75) is 11.8 Å². The molecule has 0 aliphatic rings. The molecule has 0 spiro atoms. The standard InChI is InChI=1S/C2H4Cl2.ClH.H3N/c1-2(3)4;;/h2H,1H3;1H;1H3. The zero-order valence-electron chi connectivity index (χ0n) is 3.45. The molecule has 4 heteroatoms. The van der Waals surface area contributed by atoms with Gasteiger partial charge in [0, 0.05) is 0 Å². The normalized spacial score (nSPS) is 6.00. The average molecular weight is 152 g/mol. The number of rotatable bonds is 0. The largest absolute Gasteiger partial charge is 0.344 e. The lowest BCUT2D eigenvalue weighted by Crippen LogP contribution is -1.63. The Balaban J connectivity index is -0.0000000450. The Morgan fingerprint density at radius 2 is 1.33 bits per heavy atom. The molecule has 0 aromatic carbocycles. The third-order valence-electron chi connectivity index (χ3n) is 0. The first-order valence-electron chi connectivity index (χ1n) is 1.01. The molecule has 0 aliphatic heterocycles. The molecule has 0 amide bonds. The highest BCUT2D eigenvalue weighted by Gasteiger charge is 1.75. The van der Waals surface area contributed by atoms with Crippen molar-refractivity contribution in [3.8, 4) is 0 Å². The van der Waals surface area contributed by atoms with Gasteiger partial charge in [-0.15, -0.1) is 35.6 Å². The molecule has 1 nitrogen and oxygen atoms in total. The van der Waals surface area contributed by atoms with Crippen LogP contribution in [0.3, 0.4) is 0 Å². The third-order valence-corrected chi connectivity index (χ3v) is 0. The monoisotopic (exact) mass is 151 g/mol. The van der Waals surface area contributed by atoms with Crippen molar-refractivity contribution in [2.75, 3.05) is 0 Å². The van der Waals surface area contributed by atoms with Crippen molar-refractivity contribution in [1.29, 1.82) is 0 Å². The Morgan fingerprint density at radius 3 is 1.33 bits per heavy atom. The Hall–Kier alpha value is 0.830. The minimum atomic E-state index is -0.222. The molecule has 0 aromatic heterocycles. The van der Waals surface area contributed by atoms with E-state index in [9.17, 15) is 0 Å². The molecule has 6 heavy (non-hydrogen) atoms. The van der Waals surface area contributed by atoms with Gasteiger partial charge in [-0.2, -0.15) is 0 Å². The van der Waals surface area contributed by atoms with Gasteiger partial charge in [0.05, 0.1) is 0 Å². The van der Waals surface area contributed by atoms with Crippen LogP contribution in [0.5, 0.6) is 0 Å². The molecular formula is C2H8Cl3N. The van der Waals surface area contributed by atoms with Gasteiger partial charge in [-0.1, -0.05) is 0 Å². The fraction of sp³-hybridized carbons (Fsp3) is 1.00. The molecule has 0 bridgehead atoms. The number of hydrogen-bond donors (Lipinski definition) is 1. The number of alkyl halides is 2. The predicted molar refractivity (Wildman–Crippen MR) is 33.4 cm³/mol. The van der Waals surface area contributed by atoms with Crippen LogP contribution < -0.4 is 6.15 Å². The van der Waals surface area contributed by atoms with Crippen LogP contribution >= 0.6 is 35.6 Å². The molecule has 0 aromatic rings. The van der Waals surface area contributed by atoms with Gasteiger partial charge in [0.25, 0.3) is 0 Å². The van der Waals surface area contributed by atoms with Crippen LogP contribution in [0.4, 0.5) is 0 Å². The molecule has 0 heterocycles. The van der Waals surface area contributed by atoms with E-state index in [4.69, 9.17) is 23.2 Å². The Kier molecular flexibility index (Phi) is 24.5. The van der Waals surface area contributed by atoms with E-state index in [-0.39, 0.29) is 23.4 Å². The molecule has 0 fully saturated rings. The maximum absolute atomic E-state index is 5.04. The SMILES string of the molecule is CC(Cl)Cl.Cl.N. The minimum absolute atomic E-state index is 0. The quantitative estimate of drug-likeness (QED) is 0.532. The molecule has 0 aliphatic carbocycles. The van der Waals surface area contributed by atoms with Crippen molar-refractivity contribution in [3.63, 3.8) is 0 Å². The lowest BCUT2D eigenvalue weighted by Gasteiger charge is -1.72. The van der Waals surface area contributed by atoms with E-state index in [1.54, 1.807) is 6.92 Å². The summed E-state index contributed by atoms with van der Waals surface area (Å²) in [5, 5.41) is 0. The highest BCUT2D eigenvalue weighted by Crippen LogP contribution is 1.95. The second kappa shape index (κ2) is 9.27. The van der Waals surface area contributed by atoms with Crippen LogP contribution in [-0.4, -0.2) is 4.84 Å². The van der Waals surface area contributed by atoms with Gasteiger partial charge in [-0.05, 0) is 6.92 Å². The molecule has 0 unspecified atom stereocenters. The van der Waals surface area contributed by atoms with Crippen LogP contribution in [0.15, 0.2) is 0 Å². The van der Waals surface area contributed by atoms with Crippen molar-refractivity contribution in [1.82, 2.24) is 6.15 Å². The van der Waals surface area contributed by atoms with E-state index < -0.39 is 0 Å². The minimum Gasteiger partial charge on any atom is -0.344 e. The van der Waals surface area contributed by atoms with E-state index >= 15 is 0 Å². The Morgan fingerprint density at radius 1 is 1.33 bits per heavy atom. The van der Waals surface area contributed by atoms with Gasteiger partial charge >= 0.3 is 0 Å². The maximum Gasteiger partial charge on any atom is 0.105 e. The van der Waals surface area contributed by atoms with Gasteiger partial charge in [-0.25, -0.2) is 0 Å². The van der Waals surface area contributed by atoms with Gasteiger partial charge < -0.3 is 6.15 Å². The fourth-order valence-electron chi connectivity index (χ4n) is 0. The van der Waals surface area contributed by atoms with E-state index in [0.29, 0.717) is 0 Å². The molecule has 3 N–H and O–H groups in total. The molecule has 0 atom stereocenters. The molecule has 0 radical (unpaired) electrons. The van der Waals surface area contributed by atoms with E-state index in [0.717, 1.165) is 0 Å². The smallest absolute Gasteiger partial charge is 0.105 e. The summed E-state index contributed by atoms with van der Waals surface area (Å²) in [5.74, 6) is 0. The highest BCUT2D eigenvalue weighted by atomic mass is 35.5. The van der Waals surface area contributed by atoms with Crippen LogP contribution in [-0.2, 0) is 0 Å². The molecule has 0 rings (SSSR count). The summed E-state index contributed by atoms with van der Waals surface area (Å²) in [6.07, 6.45) is 0. The zero-order valence-corrected chi connectivity index (χ0v) is 5.78. The number of halogens is 3. The molecule has 0 saturated carbocycles. The Labute approximate surface area is 54.0 Å². The van der Waals surface area contributed by atoms with E-state index in [2.05, 4.69) is 0 Å².